The van der Waals surface area contributed by atoms with Crippen LogP contribution in [0.3, 0.4) is 0 Å². The molecule has 0 saturated heterocycles. The fraction of sp³-hybridized carbons (Fsp3) is 0.400. The van der Waals surface area contributed by atoms with E-state index >= 15 is 0 Å². The average molecular weight is 183 g/mol. The molecule has 13 heavy (non-hydrogen) atoms. The zero-order valence-electron chi connectivity index (χ0n) is 8.17. The smallest absolute Gasteiger partial charge is 0.167 e. The summed E-state index contributed by atoms with van der Waals surface area (Å²) in [5.74, 6) is -0.0337. The maximum Gasteiger partial charge on any atom is 0.167 e. The van der Waals surface area contributed by atoms with Gasteiger partial charge in [-0.25, -0.2) is 4.39 Å². The average Bonchev–Trinajstić information content (AvgIpc) is 2.16. The van der Waals surface area contributed by atoms with Crippen molar-refractivity contribution in [1.29, 1.82) is 0 Å². The minimum atomic E-state index is -0.319. The van der Waals surface area contributed by atoms with Gasteiger partial charge in [-0.3, -0.25) is 0 Å². The van der Waals surface area contributed by atoms with Crippen molar-refractivity contribution in [3.05, 3.63) is 24.0 Å². The fourth-order valence-electron chi connectivity index (χ4n) is 1.08. The Morgan fingerprint density at radius 3 is 2.62 bits per heavy atom. The van der Waals surface area contributed by atoms with E-state index in [1.807, 2.05) is 24.9 Å². The Balaban J connectivity index is 2.95. The Morgan fingerprint density at radius 1 is 1.46 bits per heavy atom. The molecule has 1 rings (SSSR count). The Kier molecular flexibility index (Phi) is 3.12. The molecule has 0 spiro atoms. The monoisotopic (exact) mass is 183 g/mol. The number of hydrogen-bond donors (Lipinski definition) is 0. The van der Waals surface area contributed by atoms with E-state index in [4.69, 9.17) is 4.74 Å². The lowest BCUT2D eigenvalue weighted by Gasteiger charge is -2.17. The Hall–Kier alpha value is -1.25. The second kappa shape index (κ2) is 4.12. The topological polar surface area (TPSA) is 12.5 Å². The molecule has 0 amide bonds. The van der Waals surface area contributed by atoms with Crippen molar-refractivity contribution in [3.8, 4) is 5.75 Å². The van der Waals surface area contributed by atoms with E-state index in [2.05, 4.69) is 0 Å². The van der Waals surface area contributed by atoms with E-state index in [1.165, 1.54) is 13.2 Å². The van der Waals surface area contributed by atoms with Gasteiger partial charge in [0.2, 0.25) is 0 Å². The second-order valence-electron chi connectivity index (χ2n) is 2.83. The van der Waals surface area contributed by atoms with Crippen LogP contribution < -0.4 is 9.64 Å². The summed E-state index contributed by atoms with van der Waals surface area (Å²) < 4.78 is 18.0. The quantitative estimate of drug-likeness (QED) is 0.712. The SMILES string of the molecule is CCN(C)c1ccc(OC)c(F)c1. The van der Waals surface area contributed by atoms with E-state index in [0.29, 0.717) is 0 Å². The van der Waals surface area contributed by atoms with Crippen LogP contribution in [0.25, 0.3) is 0 Å². The van der Waals surface area contributed by atoms with E-state index in [-0.39, 0.29) is 11.6 Å². The summed E-state index contributed by atoms with van der Waals surface area (Å²) in [6, 6.07) is 4.95. The summed E-state index contributed by atoms with van der Waals surface area (Å²) in [7, 11) is 3.38. The van der Waals surface area contributed by atoms with Crippen molar-refractivity contribution in [2.45, 2.75) is 6.92 Å². The number of benzene rings is 1. The fourth-order valence-corrected chi connectivity index (χ4v) is 1.08. The Labute approximate surface area is 77.9 Å². The van der Waals surface area contributed by atoms with Gasteiger partial charge < -0.3 is 9.64 Å². The first-order valence-corrected chi connectivity index (χ1v) is 4.23. The minimum absolute atomic E-state index is 0.285. The van der Waals surface area contributed by atoms with E-state index in [0.717, 1.165) is 12.2 Å². The standard InChI is InChI=1S/C10H14FNO/c1-4-12(2)8-5-6-10(13-3)9(11)7-8/h5-7H,4H2,1-3H3. The highest BCUT2D eigenvalue weighted by Gasteiger charge is 2.04. The highest BCUT2D eigenvalue weighted by molar-refractivity contribution is 5.48. The van der Waals surface area contributed by atoms with Gasteiger partial charge in [-0.1, -0.05) is 0 Å². The summed E-state index contributed by atoms with van der Waals surface area (Å²) in [5.41, 5.74) is 0.862. The first-order valence-electron chi connectivity index (χ1n) is 4.23. The molecule has 0 fully saturated rings. The normalized spacial score (nSPS) is 9.85. The van der Waals surface area contributed by atoms with Crippen LogP contribution in [-0.2, 0) is 0 Å². The largest absolute Gasteiger partial charge is 0.494 e. The molecule has 1 aromatic carbocycles. The van der Waals surface area contributed by atoms with Gasteiger partial charge in [0, 0.05) is 25.3 Å². The predicted molar refractivity (Wildman–Crippen MR) is 51.9 cm³/mol. The van der Waals surface area contributed by atoms with Crippen LogP contribution in [-0.4, -0.2) is 20.7 Å². The molecule has 2 nitrogen and oxygen atoms in total. The summed E-state index contributed by atoms with van der Waals surface area (Å²) in [5, 5.41) is 0. The third kappa shape index (κ3) is 2.11. The maximum atomic E-state index is 13.2. The molecule has 0 radical (unpaired) electrons. The van der Waals surface area contributed by atoms with Gasteiger partial charge in [-0.2, -0.15) is 0 Å². The van der Waals surface area contributed by atoms with Crippen molar-refractivity contribution >= 4 is 5.69 Å². The third-order valence-electron chi connectivity index (χ3n) is 2.05. The molecule has 0 N–H and O–H groups in total. The molecular weight excluding hydrogens is 169 g/mol. The van der Waals surface area contributed by atoms with E-state index < -0.39 is 0 Å². The molecule has 0 heterocycles. The van der Waals surface area contributed by atoms with Crippen LogP contribution in [0.15, 0.2) is 18.2 Å². The summed E-state index contributed by atoms with van der Waals surface area (Å²) in [6.07, 6.45) is 0. The van der Waals surface area contributed by atoms with Crippen LogP contribution in [0.2, 0.25) is 0 Å². The molecule has 0 aliphatic carbocycles. The maximum absolute atomic E-state index is 13.2. The third-order valence-corrected chi connectivity index (χ3v) is 2.05. The molecule has 0 aliphatic heterocycles. The van der Waals surface area contributed by atoms with Gasteiger partial charge in [0.15, 0.2) is 11.6 Å². The molecule has 0 saturated carbocycles. The van der Waals surface area contributed by atoms with Crippen molar-refractivity contribution < 1.29 is 9.13 Å². The lowest BCUT2D eigenvalue weighted by molar-refractivity contribution is 0.386. The van der Waals surface area contributed by atoms with Gasteiger partial charge in [0.25, 0.3) is 0 Å². The van der Waals surface area contributed by atoms with E-state index in [9.17, 15) is 4.39 Å². The van der Waals surface area contributed by atoms with Crippen LogP contribution in [0.4, 0.5) is 10.1 Å². The summed E-state index contributed by atoms with van der Waals surface area (Å²) in [4.78, 5) is 1.96. The number of rotatable bonds is 3. The minimum Gasteiger partial charge on any atom is -0.494 e. The lowest BCUT2D eigenvalue weighted by Crippen LogP contribution is -2.15. The molecule has 0 bridgehead atoms. The van der Waals surface area contributed by atoms with Gasteiger partial charge >= 0.3 is 0 Å². The zero-order valence-corrected chi connectivity index (χ0v) is 8.17. The van der Waals surface area contributed by atoms with Crippen LogP contribution in [0, 0.1) is 5.82 Å². The molecule has 0 aliphatic rings. The summed E-state index contributed by atoms with van der Waals surface area (Å²) >= 11 is 0. The van der Waals surface area contributed by atoms with Crippen LogP contribution >= 0.6 is 0 Å². The highest BCUT2D eigenvalue weighted by Crippen LogP contribution is 2.22. The lowest BCUT2D eigenvalue weighted by atomic mass is 10.2. The molecule has 1 aromatic rings. The molecule has 0 unspecified atom stereocenters. The van der Waals surface area contributed by atoms with Gasteiger partial charge in [0.1, 0.15) is 0 Å². The molecule has 72 valence electrons. The number of hydrogen-bond acceptors (Lipinski definition) is 2. The Bertz CT molecular complexity index is 288. The van der Waals surface area contributed by atoms with Crippen molar-refractivity contribution in [2.75, 3.05) is 25.6 Å². The second-order valence-corrected chi connectivity index (χ2v) is 2.83. The van der Waals surface area contributed by atoms with Crippen LogP contribution in [0.1, 0.15) is 6.92 Å². The zero-order chi connectivity index (χ0) is 9.84. The number of nitrogens with zero attached hydrogens (tertiary/aromatic N) is 1. The molecule has 0 atom stereocenters. The first-order chi connectivity index (χ1) is 6.19. The van der Waals surface area contributed by atoms with Crippen LogP contribution in [0.5, 0.6) is 5.75 Å². The van der Waals surface area contributed by atoms with Gasteiger partial charge in [-0.15, -0.1) is 0 Å². The van der Waals surface area contributed by atoms with E-state index in [1.54, 1.807) is 6.07 Å². The van der Waals surface area contributed by atoms with Gasteiger partial charge in [0.05, 0.1) is 7.11 Å². The number of anilines is 1. The predicted octanol–water partition coefficient (Wildman–Crippen LogP) is 2.29. The first kappa shape index (κ1) is 9.84. The van der Waals surface area contributed by atoms with Crippen molar-refractivity contribution in [2.24, 2.45) is 0 Å². The number of halogens is 1. The molecule has 0 aromatic heterocycles. The van der Waals surface area contributed by atoms with Crippen molar-refractivity contribution in [1.82, 2.24) is 0 Å². The summed E-state index contributed by atoms with van der Waals surface area (Å²) in [6.45, 7) is 2.87. The van der Waals surface area contributed by atoms with Crippen molar-refractivity contribution in [3.63, 3.8) is 0 Å². The molecular formula is C10H14FNO. The number of methoxy groups -OCH3 is 1. The molecule has 3 heteroatoms. The van der Waals surface area contributed by atoms with Gasteiger partial charge in [-0.05, 0) is 19.1 Å². The number of ether oxygens (including phenoxy) is 1. The Morgan fingerprint density at radius 2 is 2.15 bits per heavy atom. The highest BCUT2D eigenvalue weighted by atomic mass is 19.1.